The Morgan fingerprint density at radius 1 is 1.21 bits per heavy atom. The van der Waals surface area contributed by atoms with Crippen molar-refractivity contribution in [2.24, 2.45) is 0 Å². The second-order valence-corrected chi connectivity index (χ2v) is 8.08. The van der Waals surface area contributed by atoms with Gasteiger partial charge in [0.05, 0.1) is 35.2 Å². The number of nitrogens with zero attached hydrogens (tertiary/aromatic N) is 2. The van der Waals surface area contributed by atoms with Crippen LogP contribution in [0.1, 0.15) is 29.2 Å². The van der Waals surface area contributed by atoms with Gasteiger partial charge in [0.15, 0.2) is 0 Å². The van der Waals surface area contributed by atoms with Crippen molar-refractivity contribution in [2.75, 3.05) is 19.6 Å². The van der Waals surface area contributed by atoms with Gasteiger partial charge in [-0.25, -0.2) is 5.06 Å². The molecule has 0 radical (unpaired) electrons. The second-order valence-electron chi connectivity index (χ2n) is 7.27. The SMILES string of the molecule is Cc1ccc([C@H](CN(O)C(=O)Cc2ccc(Cl)c(Cl)c2)N2CC[C@H](O)C2)cc1. The molecule has 2 atom stereocenters. The van der Waals surface area contributed by atoms with Gasteiger partial charge in [0.25, 0.3) is 0 Å². The Morgan fingerprint density at radius 3 is 2.54 bits per heavy atom. The highest BCUT2D eigenvalue weighted by molar-refractivity contribution is 6.42. The normalized spacial score (nSPS) is 18.2. The zero-order valence-electron chi connectivity index (χ0n) is 15.7. The van der Waals surface area contributed by atoms with Gasteiger partial charge in [0, 0.05) is 13.1 Å². The number of β-amino-alcohol motifs (C(OH)–C–C–N with tert-alkyl or cyclic N) is 1. The Morgan fingerprint density at radius 2 is 1.93 bits per heavy atom. The fraction of sp³-hybridized carbons (Fsp3) is 0.381. The van der Waals surface area contributed by atoms with Crippen LogP contribution in [0.4, 0.5) is 0 Å². The molecule has 0 spiro atoms. The maximum Gasteiger partial charge on any atom is 0.250 e. The summed E-state index contributed by atoms with van der Waals surface area (Å²) < 4.78 is 0. The number of hydrogen-bond donors (Lipinski definition) is 2. The number of likely N-dealkylation sites (tertiary alicyclic amines) is 1. The molecule has 28 heavy (non-hydrogen) atoms. The Kier molecular flexibility index (Phi) is 6.96. The average molecular weight is 423 g/mol. The fourth-order valence-corrected chi connectivity index (χ4v) is 3.77. The van der Waals surface area contributed by atoms with Gasteiger partial charge in [0.2, 0.25) is 5.91 Å². The summed E-state index contributed by atoms with van der Waals surface area (Å²) in [5, 5.41) is 21.9. The molecule has 1 amide bonds. The molecule has 0 aliphatic carbocycles. The molecule has 0 bridgehead atoms. The molecule has 5 nitrogen and oxygen atoms in total. The Bertz CT molecular complexity index is 829. The van der Waals surface area contributed by atoms with Crippen LogP contribution in [0, 0.1) is 6.92 Å². The van der Waals surface area contributed by atoms with Gasteiger partial charge in [0.1, 0.15) is 0 Å². The number of benzene rings is 2. The first kappa shape index (κ1) is 21.1. The van der Waals surface area contributed by atoms with Crippen molar-refractivity contribution in [3.8, 4) is 0 Å². The van der Waals surface area contributed by atoms with Crippen LogP contribution >= 0.6 is 23.2 Å². The van der Waals surface area contributed by atoms with Crippen molar-refractivity contribution in [1.29, 1.82) is 0 Å². The lowest BCUT2D eigenvalue weighted by Crippen LogP contribution is -2.39. The van der Waals surface area contributed by atoms with E-state index in [4.69, 9.17) is 23.2 Å². The van der Waals surface area contributed by atoms with Crippen LogP contribution in [-0.2, 0) is 11.2 Å². The van der Waals surface area contributed by atoms with Gasteiger partial charge >= 0.3 is 0 Å². The second kappa shape index (κ2) is 9.25. The lowest BCUT2D eigenvalue weighted by molar-refractivity contribution is -0.168. The Balaban J connectivity index is 1.72. The van der Waals surface area contributed by atoms with E-state index in [1.54, 1.807) is 18.2 Å². The number of aryl methyl sites for hydroxylation is 1. The van der Waals surface area contributed by atoms with E-state index in [0.29, 0.717) is 35.1 Å². The lowest BCUT2D eigenvalue weighted by Gasteiger charge is -2.31. The summed E-state index contributed by atoms with van der Waals surface area (Å²) in [5.41, 5.74) is 2.82. The van der Waals surface area contributed by atoms with Crippen LogP contribution in [-0.4, -0.2) is 51.9 Å². The van der Waals surface area contributed by atoms with E-state index in [2.05, 4.69) is 4.90 Å². The van der Waals surface area contributed by atoms with E-state index in [-0.39, 0.29) is 25.1 Å². The first-order valence-corrected chi connectivity index (χ1v) is 10.0. The minimum absolute atomic E-state index is 0.0244. The van der Waals surface area contributed by atoms with Gasteiger partial charge in [-0.15, -0.1) is 0 Å². The molecule has 1 saturated heterocycles. The van der Waals surface area contributed by atoms with Gasteiger partial charge in [-0.1, -0.05) is 59.1 Å². The third kappa shape index (κ3) is 5.25. The van der Waals surface area contributed by atoms with E-state index in [0.717, 1.165) is 16.2 Å². The van der Waals surface area contributed by atoms with Crippen LogP contribution in [0.2, 0.25) is 10.0 Å². The molecule has 1 aliphatic heterocycles. The van der Waals surface area contributed by atoms with Crippen LogP contribution < -0.4 is 0 Å². The quantitative estimate of drug-likeness (QED) is 0.547. The number of halogens is 2. The number of hydroxylamine groups is 2. The largest absolute Gasteiger partial charge is 0.392 e. The van der Waals surface area contributed by atoms with E-state index in [1.807, 2.05) is 31.2 Å². The van der Waals surface area contributed by atoms with Crippen LogP contribution in [0.25, 0.3) is 0 Å². The summed E-state index contributed by atoms with van der Waals surface area (Å²) in [6.07, 6.45) is 0.328. The standard InChI is InChI=1S/C21H24Cl2N2O3/c1-14-2-5-16(6-3-14)20(24-9-8-17(26)12-24)13-25(28)21(27)11-15-4-7-18(22)19(23)10-15/h2-7,10,17,20,26,28H,8-9,11-13H2,1H3/t17-,20-/m0/s1. The van der Waals surface area contributed by atoms with Crippen molar-refractivity contribution < 1.29 is 15.1 Å². The maximum atomic E-state index is 12.5. The average Bonchev–Trinajstić information content (AvgIpc) is 3.09. The molecule has 7 heteroatoms. The number of carbonyl (C=O) groups excluding carboxylic acids is 1. The van der Waals surface area contributed by atoms with Crippen molar-refractivity contribution >= 4 is 29.1 Å². The molecule has 2 aromatic rings. The van der Waals surface area contributed by atoms with Crippen molar-refractivity contribution in [3.63, 3.8) is 0 Å². The molecule has 1 aliphatic rings. The van der Waals surface area contributed by atoms with E-state index < -0.39 is 5.91 Å². The Hall–Kier alpha value is -1.63. The van der Waals surface area contributed by atoms with Gasteiger partial charge in [-0.05, 0) is 36.6 Å². The van der Waals surface area contributed by atoms with Gasteiger partial charge in [-0.3, -0.25) is 14.9 Å². The monoisotopic (exact) mass is 422 g/mol. The first-order valence-electron chi connectivity index (χ1n) is 9.25. The van der Waals surface area contributed by atoms with Gasteiger partial charge in [-0.2, -0.15) is 0 Å². The van der Waals surface area contributed by atoms with Crippen LogP contribution in [0.3, 0.4) is 0 Å². The number of carbonyl (C=O) groups is 1. The first-order chi connectivity index (χ1) is 13.3. The molecular weight excluding hydrogens is 399 g/mol. The number of rotatable bonds is 6. The fourth-order valence-electron chi connectivity index (χ4n) is 3.45. The molecule has 3 rings (SSSR count). The highest BCUT2D eigenvalue weighted by atomic mass is 35.5. The smallest absolute Gasteiger partial charge is 0.250 e. The molecule has 0 saturated carbocycles. The maximum absolute atomic E-state index is 12.5. The van der Waals surface area contributed by atoms with Crippen molar-refractivity contribution in [3.05, 3.63) is 69.2 Å². The Labute approximate surface area is 175 Å². The lowest BCUT2D eigenvalue weighted by atomic mass is 10.0. The topological polar surface area (TPSA) is 64.0 Å². The zero-order chi connectivity index (χ0) is 20.3. The summed E-state index contributed by atoms with van der Waals surface area (Å²) in [6.45, 7) is 3.37. The number of aliphatic hydroxyl groups is 1. The molecular formula is C21H24Cl2N2O3. The van der Waals surface area contributed by atoms with Crippen LogP contribution in [0.15, 0.2) is 42.5 Å². The number of hydrogen-bond acceptors (Lipinski definition) is 4. The van der Waals surface area contributed by atoms with E-state index in [9.17, 15) is 15.1 Å². The minimum atomic E-state index is -0.421. The van der Waals surface area contributed by atoms with Crippen molar-refractivity contribution in [1.82, 2.24) is 9.96 Å². The molecule has 1 heterocycles. The summed E-state index contributed by atoms with van der Waals surface area (Å²) in [5.74, 6) is -0.421. The van der Waals surface area contributed by atoms with Crippen molar-refractivity contribution in [2.45, 2.75) is 31.9 Å². The summed E-state index contributed by atoms with van der Waals surface area (Å²) >= 11 is 11.9. The molecule has 2 N–H and O–H groups in total. The molecule has 2 aromatic carbocycles. The van der Waals surface area contributed by atoms with Gasteiger partial charge < -0.3 is 5.11 Å². The summed E-state index contributed by atoms with van der Waals surface area (Å²) in [4.78, 5) is 14.6. The highest BCUT2D eigenvalue weighted by Gasteiger charge is 2.30. The third-order valence-electron chi connectivity index (χ3n) is 5.07. The molecule has 0 aromatic heterocycles. The zero-order valence-corrected chi connectivity index (χ0v) is 17.2. The van der Waals surface area contributed by atoms with E-state index in [1.165, 1.54) is 0 Å². The van der Waals surface area contributed by atoms with E-state index >= 15 is 0 Å². The molecule has 0 unspecified atom stereocenters. The number of amides is 1. The number of aliphatic hydroxyl groups excluding tert-OH is 1. The predicted octanol–water partition coefficient (Wildman–Crippen LogP) is 3.87. The third-order valence-corrected chi connectivity index (χ3v) is 5.81. The predicted molar refractivity (Wildman–Crippen MR) is 110 cm³/mol. The molecule has 1 fully saturated rings. The summed E-state index contributed by atoms with van der Waals surface area (Å²) in [7, 11) is 0. The molecule has 150 valence electrons. The highest BCUT2D eigenvalue weighted by Crippen LogP contribution is 2.27. The van der Waals surface area contributed by atoms with Crippen LogP contribution in [0.5, 0.6) is 0 Å². The minimum Gasteiger partial charge on any atom is -0.392 e. The summed E-state index contributed by atoms with van der Waals surface area (Å²) in [6, 6.07) is 12.8.